The molecule has 0 fully saturated rings. The molecule has 5 heteroatoms. The third kappa shape index (κ3) is 4.89. The second-order valence-corrected chi connectivity index (χ2v) is 1.58. The molecule has 1 unspecified atom stereocenters. The van der Waals surface area contributed by atoms with E-state index in [0.29, 0.717) is 0 Å². The topological polar surface area (TPSA) is 76.4 Å². The highest BCUT2D eigenvalue weighted by atomic mass is 16.7. The van der Waals surface area contributed by atoms with Gasteiger partial charge < -0.3 is 9.47 Å². The number of carbonyl (C=O) groups is 2. The lowest BCUT2D eigenvalue weighted by Gasteiger charge is -2.09. The van der Waals surface area contributed by atoms with Gasteiger partial charge in [-0.15, -0.1) is 0 Å². The summed E-state index contributed by atoms with van der Waals surface area (Å²) in [4.78, 5) is 20.0. The Bertz CT molecular complexity index is 129. The van der Waals surface area contributed by atoms with Crippen LogP contribution < -0.4 is 5.73 Å². The van der Waals surface area contributed by atoms with Crippen molar-refractivity contribution in [3.05, 3.63) is 0 Å². The zero-order valence-electron chi connectivity index (χ0n) is 5.71. The predicted octanol–water partition coefficient (Wildman–Crippen LogP) is 0.315. The summed E-state index contributed by atoms with van der Waals surface area (Å²) < 4.78 is 8.50. The molecule has 57 valence electrons. The molecule has 1 N–H and O–H groups in total. The summed E-state index contributed by atoms with van der Waals surface area (Å²) in [6, 6.07) is 0. The molecule has 0 saturated heterocycles. The van der Waals surface area contributed by atoms with Crippen LogP contribution in [0, 0.1) is 0 Å². The highest BCUT2D eigenvalue weighted by Crippen LogP contribution is 1.92. The maximum absolute atomic E-state index is 10.2. The van der Waals surface area contributed by atoms with E-state index >= 15 is 0 Å². The Labute approximate surface area is 58.1 Å². The number of esters is 1. The molecule has 0 aromatic carbocycles. The number of nitrogens with one attached hydrogen (secondary N) is 1. The van der Waals surface area contributed by atoms with Crippen molar-refractivity contribution in [2.24, 2.45) is 0 Å². The monoisotopic (exact) mass is 146 g/mol. The van der Waals surface area contributed by atoms with Crippen LogP contribution >= 0.6 is 0 Å². The van der Waals surface area contributed by atoms with E-state index in [0.717, 1.165) is 0 Å². The summed E-state index contributed by atoms with van der Waals surface area (Å²) in [6.45, 7) is 2.54. The fourth-order valence-electron chi connectivity index (χ4n) is 0.409. The average Bonchev–Trinajstić information content (AvgIpc) is 1.58. The van der Waals surface area contributed by atoms with Crippen LogP contribution in [-0.4, -0.2) is 18.4 Å². The van der Waals surface area contributed by atoms with Crippen molar-refractivity contribution in [1.29, 1.82) is 0 Å². The van der Waals surface area contributed by atoms with E-state index in [9.17, 15) is 9.59 Å². The summed E-state index contributed by atoms with van der Waals surface area (Å²) >= 11 is 0. The van der Waals surface area contributed by atoms with Crippen LogP contribution in [0.2, 0.25) is 0 Å². The van der Waals surface area contributed by atoms with E-state index in [1.807, 2.05) is 0 Å². The average molecular weight is 146 g/mol. The molecule has 0 heterocycles. The molecular weight excluding hydrogens is 138 g/mol. The Morgan fingerprint density at radius 2 is 1.90 bits per heavy atom. The number of amides is 1. The van der Waals surface area contributed by atoms with Gasteiger partial charge in [0.1, 0.15) is 0 Å². The minimum atomic E-state index is -1.21. The minimum Gasteiger partial charge on any atom is -0.426 e. The Balaban J connectivity index is 3.53. The van der Waals surface area contributed by atoms with E-state index in [-0.39, 0.29) is 0 Å². The maximum Gasteiger partial charge on any atom is 0.429 e. The Morgan fingerprint density at radius 3 is 2.20 bits per heavy atom. The molecule has 0 spiro atoms. The molecular formula is C5H8NO4. The van der Waals surface area contributed by atoms with Crippen LogP contribution in [0.5, 0.6) is 0 Å². The van der Waals surface area contributed by atoms with Gasteiger partial charge in [-0.3, -0.25) is 4.79 Å². The Hall–Kier alpha value is -1.26. The molecule has 0 aliphatic heterocycles. The van der Waals surface area contributed by atoms with Gasteiger partial charge in [0.15, 0.2) is 0 Å². The first-order valence-corrected chi connectivity index (χ1v) is 2.62. The summed E-state index contributed by atoms with van der Waals surface area (Å²) in [5, 5.41) is 0. The summed E-state index contributed by atoms with van der Waals surface area (Å²) in [6.07, 6.45) is -2.18. The lowest BCUT2D eigenvalue weighted by molar-refractivity contribution is -0.161. The van der Waals surface area contributed by atoms with Crippen molar-refractivity contribution in [3.8, 4) is 0 Å². The molecule has 1 radical (unpaired) electrons. The summed E-state index contributed by atoms with van der Waals surface area (Å²) in [5.74, 6) is -0.547. The van der Waals surface area contributed by atoms with Crippen molar-refractivity contribution in [2.75, 3.05) is 0 Å². The van der Waals surface area contributed by atoms with Crippen molar-refractivity contribution in [1.82, 2.24) is 5.73 Å². The molecule has 0 rings (SSSR count). The van der Waals surface area contributed by atoms with Crippen LogP contribution in [0.4, 0.5) is 4.79 Å². The van der Waals surface area contributed by atoms with Gasteiger partial charge in [0, 0.05) is 13.8 Å². The first-order valence-electron chi connectivity index (χ1n) is 2.62. The van der Waals surface area contributed by atoms with Gasteiger partial charge >= 0.3 is 12.1 Å². The van der Waals surface area contributed by atoms with Gasteiger partial charge in [-0.05, 0) is 0 Å². The van der Waals surface area contributed by atoms with Gasteiger partial charge in [0.2, 0.25) is 6.29 Å². The fraction of sp³-hybridized carbons (Fsp3) is 0.600. The first kappa shape index (κ1) is 8.74. The van der Waals surface area contributed by atoms with Crippen molar-refractivity contribution in [2.45, 2.75) is 20.1 Å². The molecule has 0 aliphatic carbocycles. The highest BCUT2D eigenvalue weighted by Gasteiger charge is 2.07. The molecule has 10 heavy (non-hydrogen) atoms. The van der Waals surface area contributed by atoms with Crippen molar-refractivity contribution >= 4 is 12.1 Å². The molecule has 0 aromatic rings. The first-order chi connectivity index (χ1) is 4.52. The van der Waals surface area contributed by atoms with Crippen molar-refractivity contribution < 1.29 is 19.1 Å². The zero-order chi connectivity index (χ0) is 8.15. The largest absolute Gasteiger partial charge is 0.429 e. The highest BCUT2D eigenvalue weighted by molar-refractivity contribution is 5.67. The Kier molecular flexibility index (Phi) is 3.24. The summed E-state index contributed by atoms with van der Waals surface area (Å²) in [5.41, 5.74) is 6.30. The van der Waals surface area contributed by atoms with E-state index in [2.05, 4.69) is 9.47 Å². The lowest BCUT2D eigenvalue weighted by atomic mass is 10.7. The minimum absolute atomic E-state index is 0.547. The van der Waals surface area contributed by atoms with Gasteiger partial charge in [-0.25, -0.2) is 10.5 Å². The molecule has 1 atom stereocenters. The SMILES string of the molecule is CC(=O)OC(C)OC([NH])=O. The van der Waals surface area contributed by atoms with Gasteiger partial charge in [0.05, 0.1) is 0 Å². The Morgan fingerprint density at radius 1 is 1.40 bits per heavy atom. The van der Waals surface area contributed by atoms with Crippen LogP contribution in [0.3, 0.4) is 0 Å². The van der Waals surface area contributed by atoms with Crippen LogP contribution in [0.25, 0.3) is 0 Å². The standard InChI is InChI=1S/C5H8NO4/c1-3(7)9-4(2)10-5(6)8/h4,6H,1-2H3. The second kappa shape index (κ2) is 3.71. The normalized spacial score (nSPS) is 11.8. The summed E-state index contributed by atoms with van der Waals surface area (Å²) in [7, 11) is 0. The molecule has 0 bridgehead atoms. The quantitative estimate of drug-likeness (QED) is 0.415. The molecule has 5 nitrogen and oxygen atoms in total. The van der Waals surface area contributed by atoms with E-state index < -0.39 is 18.4 Å². The van der Waals surface area contributed by atoms with Crippen LogP contribution in [0.1, 0.15) is 13.8 Å². The smallest absolute Gasteiger partial charge is 0.426 e. The third-order valence-corrected chi connectivity index (χ3v) is 0.605. The fourth-order valence-corrected chi connectivity index (χ4v) is 0.409. The van der Waals surface area contributed by atoms with Gasteiger partial charge in [-0.1, -0.05) is 0 Å². The number of hydrogen-bond acceptors (Lipinski definition) is 4. The number of rotatable bonds is 2. The van der Waals surface area contributed by atoms with E-state index in [4.69, 9.17) is 5.73 Å². The van der Waals surface area contributed by atoms with Crippen LogP contribution in [0.15, 0.2) is 0 Å². The number of hydrogen-bond donors (Lipinski definition) is 0. The van der Waals surface area contributed by atoms with Crippen molar-refractivity contribution in [3.63, 3.8) is 0 Å². The van der Waals surface area contributed by atoms with E-state index in [1.165, 1.54) is 13.8 Å². The molecule has 0 aromatic heterocycles. The van der Waals surface area contributed by atoms with Gasteiger partial charge in [0.25, 0.3) is 0 Å². The molecule has 1 amide bonds. The number of ether oxygens (including phenoxy) is 2. The van der Waals surface area contributed by atoms with Crippen LogP contribution in [-0.2, 0) is 14.3 Å². The molecule has 0 aliphatic rings. The molecule has 0 saturated carbocycles. The lowest BCUT2D eigenvalue weighted by Crippen LogP contribution is -2.19. The zero-order valence-corrected chi connectivity index (χ0v) is 5.71. The third-order valence-electron chi connectivity index (χ3n) is 0.605. The number of carbonyl (C=O) groups excluding carboxylic acids is 2. The van der Waals surface area contributed by atoms with E-state index in [1.54, 1.807) is 0 Å². The predicted molar refractivity (Wildman–Crippen MR) is 30.8 cm³/mol. The maximum atomic E-state index is 10.2. The van der Waals surface area contributed by atoms with Gasteiger partial charge in [-0.2, -0.15) is 0 Å². The second-order valence-electron chi connectivity index (χ2n) is 1.58.